The minimum atomic E-state index is -1.23. The number of ether oxygens (including phenoxy) is 4. The van der Waals surface area contributed by atoms with Crippen molar-refractivity contribution in [1.29, 1.82) is 0 Å². The summed E-state index contributed by atoms with van der Waals surface area (Å²) in [6.07, 6.45) is 2.40. The Hall–Kier alpha value is -2.38. The lowest BCUT2D eigenvalue weighted by Gasteiger charge is -2.29. The molecule has 2 fully saturated rings. The van der Waals surface area contributed by atoms with E-state index in [0.717, 1.165) is 45.0 Å². The molecule has 2 saturated heterocycles. The molecule has 0 amide bonds. The first kappa shape index (κ1) is 19.4. The number of rotatable bonds is 6. The van der Waals surface area contributed by atoms with Crippen LogP contribution in [0.15, 0.2) is 29.8 Å². The summed E-state index contributed by atoms with van der Waals surface area (Å²) in [5.74, 6) is -1.85. The minimum Gasteiger partial charge on any atom is -0.494 e. The van der Waals surface area contributed by atoms with Gasteiger partial charge in [-0.1, -0.05) is 12.1 Å². The number of hydrogen-bond donors (Lipinski definition) is 0. The first-order valence-electron chi connectivity index (χ1n) is 9.14. The fourth-order valence-electron chi connectivity index (χ4n) is 2.91. The summed E-state index contributed by atoms with van der Waals surface area (Å²) >= 11 is 0. The van der Waals surface area contributed by atoms with Crippen molar-refractivity contribution in [2.45, 2.75) is 26.1 Å². The second kappa shape index (κ2) is 8.54. The van der Waals surface area contributed by atoms with Crippen molar-refractivity contribution in [3.8, 4) is 5.75 Å². The van der Waals surface area contributed by atoms with Gasteiger partial charge in [0, 0.05) is 33.5 Å². The van der Waals surface area contributed by atoms with Crippen LogP contribution in [0.1, 0.15) is 25.8 Å². The van der Waals surface area contributed by atoms with E-state index in [4.69, 9.17) is 18.9 Å². The van der Waals surface area contributed by atoms with Crippen molar-refractivity contribution < 1.29 is 28.5 Å². The Labute approximate surface area is 158 Å². The van der Waals surface area contributed by atoms with Gasteiger partial charge in [-0.25, -0.2) is 9.59 Å². The summed E-state index contributed by atoms with van der Waals surface area (Å²) in [6, 6.07) is 7.18. The van der Waals surface area contributed by atoms with E-state index in [1.807, 2.05) is 12.1 Å². The molecule has 0 radical (unpaired) electrons. The third-order valence-electron chi connectivity index (χ3n) is 4.30. The third kappa shape index (κ3) is 5.55. The molecule has 7 nitrogen and oxygen atoms in total. The molecule has 146 valence electrons. The fourth-order valence-corrected chi connectivity index (χ4v) is 2.91. The second-order valence-electron chi connectivity index (χ2n) is 6.96. The Balaban J connectivity index is 1.49. The average Bonchev–Trinajstić information content (AvgIpc) is 2.63. The van der Waals surface area contributed by atoms with Crippen LogP contribution in [-0.4, -0.2) is 62.1 Å². The van der Waals surface area contributed by atoms with E-state index in [1.165, 1.54) is 19.9 Å². The van der Waals surface area contributed by atoms with Gasteiger partial charge in [-0.05, 0) is 30.2 Å². The molecule has 1 aromatic carbocycles. The zero-order valence-corrected chi connectivity index (χ0v) is 15.7. The summed E-state index contributed by atoms with van der Waals surface area (Å²) in [5.41, 5.74) is 0.577. The lowest BCUT2D eigenvalue weighted by Crippen LogP contribution is -2.41. The molecule has 0 spiro atoms. The third-order valence-corrected chi connectivity index (χ3v) is 4.30. The van der Waals surface area contributed by atoms with Crippen LogP contribution in [0.2, 0.25) is 0 Å². The predicted molar refractivity (Wildman–Crippen MR) is 98.1 cm³/mol. The van der Waals surface area contributed by atoms with Gasteiger partial charge in [0.05, 0.1) is 19.8 Å². The van der Waals surface area contributed by atoms with Gasteiger partial charge in [0.15, 0.2) is 0 Å². The summed E-state index contributed by atoms with van der Waals surface area (Å²) in [7, 11) is 0. The maximum atomic E-state index is 12.0. The van der Waals surface area contributed by atoms with E-state index in [9.17, 15) is 9.59 Å². The molecular formula is C20H25NO6. The predicted octanol–water partition coefficient (Wildman–Crippen LogP) is 2.01. The van der Waals surface area contributed by atoms with E-state index in [-0.39, 0.29) is 5.57 Å². The summed E-state index contributed by atoms with van der Waals surface area (Å²) in [4.78, 5) is 26.3. The van der Waals surface area contributed by atoms with Gasteiger partial charge in [0.1, 0.15) is 11.3 Å². The Kier molecular flexibility index (Phi) is 6.13. The Morgan fingerprint density at radius 3 is 2.33 bits per heavy atom. The smallest absolute Gasteiger partial charge is 0.348 e. The van der Waals surface area contributed by atoms with Gasteiger partial charge >= 0.3 is 11.9 Å². The normalized spacial score (nSPS) is 20.0. The number of benzene rings is 1. The Bertz CT molecular complexity index is 682. The Morgan fingerprint density at radius 2 is 1.70 bits per heavy atom. The van der Waals surface area contributed by atoms with Crippen LogP contribution in [0.25, 0.3) is 6.08 Å². The molecule has 7 heteroatoms. The van der Waals surface area contributed by atoms with Crippen molar-refractivity contribution in [2.75, 3.05) is 39.5 Å². The van der Waals surface area contributed by atoms with Crippen LogP contribution in [0, 0.1) is 0 Å². The van der Waals surface area contributed by atoms with Crippen molar-refractivity contribution in [1.82, 2.24) is 4.90 Å². The highest BCUT2D eigenvalue weighted by Gasteiger charge is 2.38. The van der Waals surface area contributed by atoms with Crippen molar-refractivity contribution in [2.24, 2.45) is 0 Å². The molecule has 0 saturated carbocycles. The first-order valence-corrected chi connectivity index (χ1v) is 9.14. The maximum absolute atomic E-state index is 12.0. The van der Waals surface area contributed by atoms with E-state index in [1.54, 1.807) is 12.1 Å². The molecule has 0 N–H and O–H groups in total. The van der Waals surface area contributed by atoms with E-state index in [2.05, 4.69) is 4.90 Å². The van der Waals surface area contributed by atoms with Gasteiger partial charge < -0.3 is 18.9 Å². The summed E-state index contributed by atoms with van der Waals surface area (Å²) in [6.45, 7) is 8.22. The van der Waals surface area contributed by atoms with Crippen LogP contribution in [-0.2, 0) is 23.8 Å². The van der Waals surface area contributed by atoms with Crippen molar-refractivity contribution in [3.05, 3.63) is 35.4 Å². The topological polar surface area (TPSA) is 74.3 Å². The first-order chi connectivity index (χ1) is 12.9. The summed E-state index contributed by atoms with van der Waals surface area (Å²) < 4.78 is 21.2. The van der Waals surface area contributed by atoms with E-state index < -0.39 is 17.7 Å². The molecule has 3 rings (SSSR count). The molecule has 0 atom stereocenters. The SMILES string of the molecule is CC1(C)OC(=O)C(=Cc2ccc(OCCCN3CCOCC3)cc2)C(=O)O1. The molecule has 0 unspecified atom stereocenters. The van der Waals surface area contributed by atoms with Crippen LogP contribution >= 0.6 is 0 Å². The standard InChI is InChI=1S/C20H25NO6/c1-20(2)26-18(22)17(19(23)27-20)14-15-4-6-16(7-5-15)25-11-3-8-21-9-12-24-13-10-21/h4-7,14H,3,8-13H2,1-2H3. The van der Waals surface area contributed by atoms with Crippen molar-refractivity contribution >= 4 is 18.0 Å². The lowest BCUT2D eigenvalue weighted by molar-refractivity contribution is -0.222. The highest BCUT2D eigenvalue weighted by Crippen LogP contribution is 2.24. The number of cyclic esters (lactones) is 2. The molecule has 0 aliphatic carbocycles. The molecule has 2 aliphatic rings. The number of carbonyl (C=O) groups excluding carboxylic acids is 2. The molecular weight excluding hydrogens is 350 g/mol. The maximum Gasteiger partial charge on any atom is 0.348 e. The van der Waals surface area contributed by atoms with Crippen LogP contribution in [0.5, 0.6) is 5.75 Å². The van der Waals surface area contributed by atoms with Gasteiger partial charge in [-0.3, -0.25) is 4.90 Å². The Morgan fingerprint density at radius 1 is 1.07 bits per heavy atom. The van der Waals surface area contributed by atoms with Gasteiger partial charge in [-0.15, -0.1) is 0 Å². The van der Waals surface area contributed by atoms with Gasteiger partial charge in [0.25, 0.3) is 5.79 Å². The van der Waals surface area contributed by atoms with Gasteiger partial charge in [0.2, 0.25) is 0 Å². The molecule has 27 heavy (non-hydrogen) atoms. The average molecular weight is 375 g/mol. The molecule has 1 aromatic rings. The van der Waals surface area contributed by atoms with Crippen LogP contribution in [0.4, 0.5) is 0 Å². The number of morpholine rings is 1. The molecule has 0 aromatic heterocycles. The molecule has 2 heterocycles. The second-order valence-corrected chi connectivity index (χ2v) is 6.96. The highest BCUT2D eigenvalue weighted by molar-refractivity contribution is 6.18. The van der Waals surface area contributed by atoms with E-state index >= 15 is 0 Å². The quantitative estimate of drug-likeness (QED) is 0.326. The minimum absolute atomic E-state index is 0.117. The van der Waals surface area contributed by atoms with Crippen LogP contribution < -0.4 is 4.74 Å². The number of esters is 2. The number of carbonyl (C=O) groups is 2. The number of hydrogen-bond acceptors (Lipinski definition) is 7. The van der Waals surface area contributed by atoms with E-state index in [0.29, 0.717) is 12.2 Å². The summed E-state index contributed by atoms with van der Waals surface area (Å²) in [5, 5.41) is 0. The largest absolute Gasteiger partial charge is 0.494 e. The number of nitrogens with zero attached hydrogens (tertiary/aromatic N) is 1. The lowest BCUT2D eigenvalue weighted by atomic mass is 10.1. The molecule has 2 aliphatic heterocycles. The monoisotopic (exact) mass is 375 g/mol. The van der Waals surface area contributed by atoms with Crippen molar-refractivity contribution in [3.63, 3.8) is 0 Å². The zero-order chi connectivity index (χ0) is 19.3. The molecule has 0 bridgehead atoms. The highest BCUT2D eigenvalue weighted by atomic mass is 16.7. The van der Waals surface area contributed by atoms with Crippen LogP contribution in [0.3, 0.4) is 0 Å². The van der Waals surface area contributed by atoms with Gasteiger partial charge in [-0.2, -0.15) is 0 Å². The zero-order valence-electron chi connectivity index (χ0n) is 15.7. The fraction of sp³-hybridized carbons (Fsp3) is 0.500.